The summed E-state index contributed by atoms with van der Waals surface area (Å²) in [7, 11) is -3.48. The molecule has 1 aromatic rings. The molecule has 0 amide bonds. The highest BCUT2D eigenvalue weighted by Crippen LogP contribution is 2.32. The molecule has 19 heavy (non-hydrogen) atoms. The van der Waals surface area contributed by atoms with Crippen molar-refractivity contribution in [3.05, 3.63) is 28.3 Å². The predicted octanol–water partition coefficient (Wildman–Crippen LogP) is 3.41. The monoisotopic (exact) mass is 284 g/mol. The highest BCUT2D eigenvalue weighted by Gasteiger charge is 2.19. The van der Waals surface area contributed by atoms with Crippen LogP contribution in [0.25, 0.3) is 0 Å². The van der Waals surface area contributed by atoms with Gasteiger partial charge in [-0.15, -0.1) is 0 Å². The van der Waals surface area contributed by atoms with E-state index in [-0.39, 0.29) is 5.75 Å². The lowest BCUT2D eigenvalue weighted by Gasteiger charge is -2.19. The molecule has 0 N–H and O–H groups in total. The van der Waals surface area contributed by atoms with Crippen LogP contribution in [0.5, 0.6) is 5.75 Å². The zero-order valence-corrected chi connectivity index (χ0v) is 13.4. The van der Waals surface area contributed by atoms with Crippen molar-refractivity contribution < 1.29 is 12.6 Å². The molecule has 0 aliphatic rings. The number of hydrogen-bond donors (Lipinski definition) is 0. The van der Waals surface area contributed by atoms with Crippen LogP contribution in [0.3, 0.4) is 0 Å². The van der Waals surface area contributed by atoms with E-state index in [1.54, 1.807) is 6.92 Å². The van der Waals surface area contributed by atoms with Crippen molar-refractivity contribution in [2.75, 3.05) is 5.75 Å². The molecule has 1 aromatic carbocycles. The van der Waals surface area contributed by atoms with E-state index >= 15 is 0 Å². The maximum absolute atomic E-state index is 11.8. The van der Waals surface area contributed by atoms with Crippen LogP contribution in [0.15, 0.2) is 6.07 Å². The van der Waals surface area contributed by atoms with E-state index in [1.165, 1.54) is 11.1 Å². The summed E-state index contributed by atoms with van der Waals surface area (Å²) in [6.07, 6.45) is 2.44. The topological polar surface area (TPSA) is 43.4 Å². The molecule has 0 aromatic heterocycles. The van der Waals surface area contributed by atoms with Gasteiger partial charge in [0.1, 0.15) is 5.75 Å². The van der Waals surface area contributed by atoms with Crippen molar-refractivity contribution in [3.63, 3.8) is 0 Å². The largest absolute Gasteiger partial charge is 0.382 e. The molecular weight excluding hydrogens is 260 g/mol. The van der Waals surface area contributed by atoms with Crippen LogP contribution in [0, 0.1) is 6.92 Å². The predicted molar refractivity (Wildman–Crippen MR) is 79.4 cm³/mol. The van der Waals surface area contributed by atoms with Gasteiger partial charge in [-0.25, -0.2) is 0 Å². The van der Waals surface area contributed by atoms with Gasteiger partial charge in [0.05, 0.1) is 5.75 Å². The van der Waals surface area contributed by atoms with Crippen LogP contribution in [-0.4, -0.2) is 14.2 Å². The molecule has 0 aliphatic heterocycles. The Balaban J connectivity index is 3.50. The quantitative estimate of drug-likeness (QED) is 0.752. The SMILES string of the molecule is CCc1cc(C)c(CC)c(CC)c1OS(=O)(=O)CC. The summed E-state index contributed by atoms with van der Waals surface area (Å²) >= 11 is 0. The Bertz CT molecular complexity index is 545. The standard InChI is InChI=1S/C15H24O3S/c1-6-12-10-11(5)13(7-2)14(8-3)15(12)18-19(16,17)9-4/h10H,6-9H2,1-5H3. The van der Waals surface area contributed by atoms with Crippen LogP contribution in [0.1, 0.15) is 49.9 Å². The second-order valence-electron chi connectivity index (χ2n) is 4.63. The molecular formula is C15H24O3S. The number of aryl methyl sites for hydroxylation is 2. The number of benzene rings is 1. The molecule has 0 aliphatic carbocycles. The Kier molecular flexibility index (Phi) is 5.41. The first-order valence-electron chi connectivity index (χ1n) is 6.96. The molecule has 3 nitrogen and oxygen atoms in total. The molecule has 0 saturated heterocycles. The minimum Gasteiger partial charge on any atom is -0.382 e. The fourth-order valence-electron chi connectivity index (χ4n) is 2.40. The molecule has 0 heterocycles. The fraction of sp³-hybridized carbons (Fsp3) is 0.600. The lowest BCUT2D eigenvalue weighted by atomic mass is 9.93. The summed E-state index contributed by atoms with van der Waals surface area (Å²) in [4.78, 5) is 0. The van der Waals surface area contributed by atoms with Gasteiger partial charge in [-0.2, -0.15) is 8.42 Å². The lowest BCUT2D eigenvalue weighted by molar-refractivity contribution is 0.481. The van der Waals surface area contributed by atoms with Crippen molar-refractivity contribution in [1.29, 1.82) is 0 Å². The van der Waals surface area contributed by atoms with Gasteiger partial charge in [0, 0.05) is 0 Å². The van der Waals surface area contributed by atoms with Crippen LogP contribution in [0.4, 0.5) is 0 Å². The Morgan fingerprint density at radius 3 is 2.00 bits per heavy atom. The van der Waals surface area contributed by atoms with E-state index in [0.29, 0.717) is 5.75 Å². The summed E-state index contributed by atoms with van der Waals surface area (Å²) < 4.78 is 28.9. The van der Waals surface area contributed by atoms with E-state index in [0.717, 1.165) is 30.4 Å². The highest BCUT2D eigenvalue weighted by molar-refractivity contribution is 7.87. The molecule has 0 saturated carbocycles. The third-order valence-corrected chi connectivity index (χ3v) is 4.58. The second-order valence-corrected chi connectivity index (χ2v) is 6.49. The van der Waals surface area contributed by atoms with Gasteiger partial charge < -0.3 is 4.18 Å². The second kappa shape index (κ2) is 6.42. The summed E-state index contributed by atoms with van der Waals surface area (Å²) in [5.41, 5.74) is 4.44. The smallest absolute Gasteiger partial charge is 0.308 e. The van der Waals surface area contributed by atoms with Crippen LogP contribution in [-0.2, 0) is 29.4 Å². The Morgan fingerprint density at radius 1 is 1.00 bits per heavy atom. The Hall–Kier alpha value is -1.03. The molecule has 4 heteroatoms. The highest BCUT2D eigenvalue weighted by atomic mass is 32.2. The van der Waals surface area contributed by atoms with E-state index in [1.807, 2.05) is 13.8 Å². The van der Waals surface area contributed by atoms with Crippen LogP contribution in [0.2, 0.25) is 0 Å². The molecule has 0 radical (unpaired) electrons. The number of rotatable bonds is 6. The zero-order valence-electron chi connectivity index (χ0n) is 12.5. The molecule has 1 rings (SSSR count). The first-order valence-corrected chi connectivity index (χ1v) is 8.54. The summed E-state index contributed by atoms with van der Waals surface area (Å²) in [5, 5.41) is 0. The minimum absolute atomic E-state index is 0.00531. The summed E-state index contributed by atoms with van der Waals surface area (Å²) in [5.74, 6) is 0.559. The van der Waals surface area contributed by atoms with Gasteiger partial charge in [0.2, 0.25) is 0 Å². The van der Waals surface area contributed by atoms with Crippen LogP contribution >= 0.6 is 0 Å². The molecule has 108 valence electrons. The average molecular weight is 284 g/mol. The van der Waals surface area contributed by atoms with Crippen molar-refractivity contribution in [1.82, 2.24) is 0 Å². The van der Waals surface area contributed by atoms with Crippen molar-refractivity contribution in [2.24, 2.45) is 0 Å². The molecule has 0 unspecified atom stereocenters. The molecule has 0 bridgehead atoms. The zero-order chi connectivity index (χ0) is 14.6. The van der Waals surface area contributed by atoms with E-state index < -0.39 is 10.1 Å². The van der Waals surface area contributed by atoms with E-state index in [4.69, 9.17) is 4.18 Å². The van der Waals surface area contributed by atoms with Crippen molar-refractivity contribution in [2.45, 2.75) is 53.9 Å². The first-order chi connectivity index (χ1) is 8.90. The Morgan fingerprint density at radius 2 is 1.58 bits per heavy atom. The summed E-state index contributed by atoms with van der Waals surface area (Å²) in [6, 6.07) is 2.05. The third kappa shape index (κ3) is 3.50. The van der Waals surface area contributed by atoms with Gasteiger partial charge >= 0.3 is 10.1 Å². The van der Waals surface area contributed by atoms with Crippen molar-refractivity contribution >= 4 is 10.1 Å². The minimum atomic E-state index is -3.48. The van der Waals surface area contributed by atoms with E-state index in [9.17, 15) is 8.42 Å². The number of hydrogen-bond acceptors (Lipinski definition) is 3. The van der Waals surface area contributed by atoms with Gasteiger partial charge in [0.25, 0.3) is 0 Å². The van der Waals surface area contributed by atoms with Crippen molar-refractivity contribution in [3.8, 4) is 5.75 Å². The molecule has 0 spiro atoms. The van der Waals surface area contributed by atoms with Crippen LogP contribution < -0.4 is 4.18 Å². The normalized spacial score (nSPS) is 11.6. The third-order valence-electron chi connectivity index (χ3n) is 3.45. The van der Waals surface area contributed by atoms with E-state index in [2.05, 4.69) is 19.9 Å². The average Bonchev–Trinajstić information content (AvgIpc) is 2.39. The van der Waals surface area contributed by atoms with Gasteiger partial charge in [-0.3, -0.25) is 0 Å². The van der Waals surface area contributed by atoms with Gasteiger partial charge in [-0.05, 0) is 55.4 Å². The van der Waals surface area contributed by atoms with Gasteiger partial charge in [-0.1, -0.05) is 26.8 Å². The molecule has 0 atom stereocenters. The summed E-state index contributed by atoms with van der Waals surface area (Å²) in [6.45, 7) is 9.83. The maximum Gasteiger partial charge on any atom is 0.308 e. The van der Waals surface area contributed by atoms with Gasteiger partial charge in [0.15, 0.2) is 0 Å². The Labute approximate surface area is 117 Å². The maximum atomic E-state index is 11.8. The molecule has 0 fully saturated rings. The lowest BCUT2D eigenvalue weighted by Crippen LogP contribution is -2.15. The first kappa shape index (κ1) is 16.0. The fourth-order valence-corrected chi connectivity index (χ4v) is 2.98.